The fourth-order valence-corrected chi connectivity index (χ4v) is 2.30. The zero-order valence-corrected chi connectivity index (χ0v) is 18.2. The van der Waals surface area contributed by atoms with Gasteiger partial charge in [0.25, 0.3) is 0 Å². The normalized spacial score (nSPS) is 11.4. The Morgan fingerprint density at radius 2 is 1.59 bits per heavy atom. The molecule has 0 heterocycles. The van der Waals surface area contributed by atoms with Crippen LogP contribution in [0.3, 0.4) is 0 Å². The Hall–Kier alpha value is -1.59. The van der Waals surface area contributed by atoms with Crippen molar-refractivity contribution >= 4 is 29.9 Å². The van der Waals surface area contributed by atoms with Crippen LogP contribution in [0.15, 0.2) is 17.1 Å². The minimum absolute atomic E-state index is 0. The quantitative estimate of drug-likeness (QED) is 0.232. The minimum atomic E-state index is -4.10. The average molecular weight is 505 g/mol. The van der Waals surface area contributed by atoms with E-state index >= 15 is 0 Å². The third-order valence-electron chi connectivity index (χ3n) is 3.59. The Kier molecular flexibility index (Phi) is 12.0. The van der Waals surface area contributed by atoms with E-state index in [0.29, 0.717) is 42.7 Å². The highest BCUT2D eigenvalue weighted by atomic mass is 127. The van der Waals surface area contributed by atoms with Gasteiger partial charge in [-0.3, -0.25) is 4.99 Å². The highest BCUT2D eigenvalue weighted by Crippen LogP contribution is 2.38. The van der Waals surface area contributed by atoms with Crippen molar-refractivity contribution in [2.45, 2.75) is 32.0 Å². The maximum atomic E-state index is 12.1. The van der Waals surface area contributed by atoms with Gasteiger partial charge in [-0.25, -0.2) is 0 Å². The van der Waals surface area contributed by atoms with Crippen LogP contribution in [0.4, 0.5) is 13.2 Å². The molecule has 0 aliphatic rings. The molecule has 0 bridgehead atoms. The third kappa shape index (κ3) is 9.25. The molecule has 2 N–H and O–H groups in total. The standard InChI is InChI=1S/C17H26F3N3O3.HI/c1-21-16(22-8-6-5-7-17(18,19)20)23-11-12-9-13(24-2)15(26-4)14(10-12)25-3;/h9-10H,5-8,11H2,1-4H3,(H2,21,22,23);1H. The average Bonchev–Trinajstić information content (AvgIpc) is 2.61. The zero-order valence-electron chi connectivity index (χ0n) is 15.9. The molecule has 0 atom stereocenters. The van der Waals surface area contributed by atoms with Gasteiger partial charge in [0.15, 0.2) is 17.5 Å². The van der Waals surface area contributed by atoms with E-state index in [1.54, 1.807) is 7.05 Å². The van der Waals surface area contributed by atoms with Gasteiger partial charge in [-0.15, -0.1) is 24.0 Å². The Balaban J connectivity index is 0.00000676. The van der Waals surface area contributed by atoms with Gasteiger partial charge in [0.2, 0.25) is 5.75 Å². The van der Waals surface area contributed by atoms with E-state index in [4.69, 9.17) is 14.2 Å². The summed E-state index contributed by atoms with van der Waals surface area (Å²) in [6.45, 7) is 0.837. The molecule has 0 fully saturated rings. The second-order valence-corrected chi connectivity index (χ2v) is 5.46. The van der Waals surface area contributed by atoms with Crippen LogP contribution in [0.5, 0.6) is 17.2 Å². The number of hydrogen-bond donors (Lipinski definition) is 2. The smallest absolute Gasteiger partial charge is 0.389 e. The Bertz CT molecular complexity index is 574. The molecule has 0 aliphatic heterocycles. The van der Waals surface area contributed by atoms with E-state index < -0.39 is 12.6 Å². The van der Waals surface area contributed by atoms with Crippen molar-refractivity contribution in [2.24, 2.45) is 4.99 Å². The van der Waals surface area contributed by atoms with Crippen LogP contribution < -0.4 is 24.8 Å². The van der Waals surface area contributed by atoms with Gasteiger partial charge >= 0.3 is 6.18 Å². The molecule has 0 saturated carbocycles. The first-order valence-electron chi connectivity index (χ1n) is 8.14. The lowest BCUT2D eigenvalue weighted by molar-refractivity contribution is -0.135. The summed E-state index contributed by atoms with van der Waals surface area (Å²) in [4.78, 5) is 4.05. The summed E-state index contributed by atoms with van der Waals surface area (Å²) < 4.78 is 52.2. The number of methoxy groups -OCH3 is 3. The summed E-state index contributed by atoms with van der Waals surface area (Å²) in [5.74, 6) is 2.09. The van der Waals surface area contributed by atoms with Crippen LogP contribution >= 0.6 is 24.0 Å². The summed E-state index contributed by atoms with van der Waals surface area (Å²) in [6.07, 6.45) is -4.39. The van der Waals surface area contributed by atoms with Gasteiger partial charge in [0.05, 0.1) is 21.3 Å². The Morgan fingerprint density at radius 1 is 1.00 bits per heavy atom. The summed E-state index contributed by atoms with van der Waals surface area (Å²) in [5.41, 5.74) is 0.875. The van der Waals surface area contributed by atoms with E-state index in [0.717, 1.165) is 5.56 Å². The van der Waals surface area contributed by atoms with Crippen molar-refractivity contribution in [1.82, 2.24) is 10.6 Å². The molecule has 0 radical (unpaired) electrons. The fraction of sp³-hybridized carbons (Fsp3) is 0.588. The number of ether oxygens (including phenoxy) is 3. The summed E-state index contributed by atoms with van der Waals surface area (Å²) in [7, 11) is 6.20. The molecule has 1 aromatic rings. The minimum Gasteiger partial charge on any atom is -0.493 e. The van der Waals surface area contributed by atoms with Gasteiger partial charge in [0, 0.05) is 26.6 Å². The van der Waals surface area contributed by atoms with Crippen LogP contribution in [-0.4, -0.2) is 47.1 Å². The molecule has 0 aromatic heterocycles. The molecular formula is C17H27F3IN3O3. The van der Waals surface area contributed by atoms with Gasteiger partial charge in [-0.2, -0.15) is 13.2 Å². The molecule has 0 unspecified atom stereocenters. The summed E-state index contributed by atoms with van der Waals surface area (Å²) in [6, 6.07) is 3.62. The van der Waals surface area contributed by atoms with Crippen LogP contribution in [-0.2, 0) is 6.54 Å². The van der Waals surface area contributed by atoms with E-state index in [1.807, 2.05) is 12.1 Å². The Morgan fingerprint density at radius 3 is 2.04 bits per heavy atom. The van der Waals surface area contributed by atoms with Crippen molar-refractivity contribution in [1.29, 1.82) is 0 Å². The lowest BCUT2D eigenvalue weighted by atomic mass is 10.2. The van der Waals surface area contributed by atoms with Gasteiger partial charge in [-0.1, -0.05) is 0 Å². The molecule has 10 heteroatoms. The lowest BCUT2D eigenvalue weighted by Gasteiger charge is -2.16. The predicted octanol–water partition coefficient (Wildman–Crippen LogP) is 3.73. The van der Waals surface area contributed by atoms with Crippen molar-refractivity contribution < 1.29 is 27.4 Å². The highest BCUT2D eigenvalue weighted by Gasteiger charge is 2.25. The largest absolute Gasteiger partial charge is 0.493 e. The summed E-state index contributed by atoms with van der Waals surface area (Å²) >= 11 is 0. The Labute approximate surface area is 174 Å². The molecule has 6 nitrogen and oxygen atoms in total. The predicted molar refractivity (Wildman–Crippen MR) is 110 cm³/mol. The molecule has 27 heavy (non-hydrogen) atoms. The number of nitrogens with one attached hydrogen (secondary N) is 2. The number of rotatable bonds is 9. The number of hydrogen-bond acceptors (Lipinski definition) is 4. The molecule has 1 aromatic carbocycles. The topological polar surface area (TPSA) is 64.1 Å². The molecule has 0 aliphatic carbocycles. The molecule has 0 spiro atoms. The fourth-order valence-electron chi connectivity index (χ4n) is 2.30. The lowest BCUT2D eigenvalue weighted by Crippen LogP contribution is -2.37. The maximum Gasteiger partial charge on any atom is 0.389 e. The van der Waals surface area contributed by atoms with Gasteiger partial charge in [-0.05, 0) is 30.5 Å². The molecule has 156 valence electrons. The molecule has 1 rings (SSSR count). The first-order chi connectivity index (χ1) is 12.3. The van der Waals surface area contributed by atoms with Crippen LogP contribution in [0.2, 0.25) is 0 Å². The number of unbranched alkanes of at least 4 members (excludes halogenated alkanes) is 1. The number of aliphatic imine (C=N–C) groups is 1. The number of benzene rings is 1. The monoisotopic (exact) mass is 505 g/mol. The second-order valence-electron chi connectivity index (χ2n) is 5.46. The second kappa shape index (κ2) is 12.7. The van der Waals surface area contributed by atoms with E-state index in [2.05, 4.69) is 15.6 Å². The van der Waals surface area contributed by atoms with Crippen molar-refractivity contribution in [3.8, 4) is 17.2 Å². The van der Waals surface area contributed by atoms with E-state index in [1.165, 1.54) is 21.3 Å². The SMILES string of the molecule is CN=C(NCCCCC(F)(F)F)NCc1cc(OC)c(OC)c(OC)c1.I. The summed E-state index contributed by atoms with van der Waals surface area (Å²) in [5, 5.41) is 6.09. The number of halogens is 4. The van der Waals surface area contributed by atoms with Gasteiger partial charge in [0.1, 0.15) is 0 Å². The number of alkyl halides is 3. The number of nitrogens with zero attached hydrogens (tertiary/aromatic N) is 1. The first-order valence-corrected chi connectivity index (χ1v) is 8.14. The number of guanidine groups is 1. The van der Waals surface area contributed by atoms with Crippen molar-refractivity contribution in [2.75, 3.05) is 34.9 Å². The van der Waals surface area contributed by atoms with Crippen molar-refractivity contribution in [3.63, 3.8) is 0 Å². The molecular weight excluding hydrogens is 478 g/mol. The van der Waals surface area contributed by atoms with Crippen LogP contribution in [0, 0.1) is 0 Å². The van der Waals surface area contributed by atoms with Gasteiger partial charge < -0.3 is 24.8 Å². The molecule has 0 amide bonds. The highest BCUT2D eigenvalue weighted by molar-refractivity contribution is 14.0. The maximum absolute atomic E-state index is 12.1. The van der Waals surface area contributed by atoms with E-state index in [-0.39, 0.29) is 30.4 Å². The third-order valence-corrected chi connectivity index (χ3v) is 3.59. The van der Waals surface area contributed by atoms with Crippen LogP contribution in [0.1, 0.15) is 24.8 Å². The van der Waals surface area contributed by atoms with Crippen molar-refractivity contribution in [3.05, 3.63) is 17.7 Å². The zero-order chi connectivity index (χ0) is 19.6. The van der Waals surface area contributed by atoms with Crippen LogP contribution in [0.25, 0.3) is 0 Å². The van der Waals surface area contributed by atoms with E-state index in [9.17, 15) is 13.2 Å². The first kappa shape index (κ1) is 25.4. The molecule has 0 saturated heterocycles.